The van der Waals surface area contributed by atoms with E-state index in [2.05, 4.69) is 4.74 Å². The zero-order valence-electron chi connectivity index (χ0n) is 10.9. The van der Waals surface area contributed by atoms with E-state index in [1.165, 1.54) is 11.4 Å². The minimum absolute atomic E-state index is 0.0167. The van der Waals surface area contributed by atoms with E-state index < -0.39 is 40.2 Å². The van der Waals surface area contributed by atoms with E-state index in [1.807, 2.05) is 0 Å². The van der Waals surface area contributed by atoms with Gasteiger partial charge in [-0.2, -0.15) is 4.31 Å². The number of nitrogens with zero attached hydrogens (tertiary/aromatic N) is 1. The van der Waals surface area contributed by atoms with E-state index in [0.29, 0.717) is 13.0 Å². The smallest absolute Gasteiger partial charge is 0.307 e. The zero-order chi connectivity index (χ0) is 14.5. The van der Waals surface area contributed by atoms with Crippen LogP contribution in [0.15, 0.2) is 0 Å². The van der Waals surface area contributed by atoms with E-state index >= 15 is 0 Å². The van der Waals surface area contributed by atoms with Crippen LogP contribution < -0.4 is 0 Å². The first-order valence-corrected chi connectivity index (χ1v) is 7.76. The number of esters is 1. The zero-order valence-corrected chi connectivity index (χ0v) is 11.7. The number of sulfonamides is 1. The van der Waals surface area contributed by atoms with E-state index in [0.717, 1.165) is 12.8 Å². The summed E-state index contributed by atoms with van der Waals surface area (Å²) < 4.78 is 30.0. The summed E-state index contributed by atoms with van der Waals surface area (Å²) in [5, 5.41) is 8.57. The molecule has 1 aliphatic heterocycles. The molecule has 1 atom stereocenters. The van der Waals surface area contributed by atoms with Crippen LogP contribution >= 0.6 is 0 Å². The third kappa shape index (κ3) is 4.79. The normalized spacial score (nSPS) is 21.0. The number of methoxy groups -OCH3 is 1. The molecule has 0 bridgehead atoms. The van der Waals surface area contributed by atoms with Crippen molar-refractivity contribution in [3.8, 4) is 0 Å². The van der Waals surface area contributed by atoms with Gasteiger partial charge >= 0.3 is 11.9 Å². The predicted octanol–water partition coefficient (Wildman–Crippen LogP) is 0.209. The topological polar surface area (TPSA) is 101 Å². The molecule has 1 rings (SSSR count). The summed E-state index contributed by atoms with van der Waals surface area (Å²) in [6, 6.07) is -0.417. The van der Waals surface area contributed by atoms with Gasteiger partial charge < -0.3 is 9.84 Å². The first-order chi connectivity index (χ1) is 8.86. The Morgan fingerprint density at radius 1 is 1.37 bits per heavy atom. The Kier molecular flexibility index (Phi) is 5.74. The van der Waals surface area contributed by atoms with Gasteiger partial charge in [-0.3, -0.25) is 9.59 Å². The quantitative estimate of drug-likeness (QED) is 0.702. The molecule has 8 heteroatoms. The minimum atomic E-state index is -3.64. The Morgan fingerprint density at radius 3 is 2.63 bits per heavy atom. The van der Waals surface area contributed by atoms with Gasteiger partial charge in [0.1, 0.15) is 0 Å². The maximum absolute atomic E-state index is 12.1. The van der Waals surface area contributed by atoms with Gasteiger partial charge in [0.15, 0.2) is 0 Å². The number of aliphatic carboxylic acids is 1. The van der Waals surface area contributed by atoms with Gasteiger partial charge in [-0.1, -0.05) is 6.42 Å². The number of carboxylic acids is 1. The van der Waals surface area contributed by atoms with Crippen LogP contribution in [0.1, 0.15) is 32.1 Å². The molecule has 0 aromatic heterocycles. The van der Waals surface area contributed by atoms with Crippen molar-refractivity contribution in [3.05, 3.63) is 0 Å². The Hall–Kier alpha value is -1.15. The molecule has 1 saturated heterocycles. The highest BCUT2D eigenvalue weighted by Crippen LogP contribution is 2.23. The highest BCUT2D eigenvalue weighted by Gasteiger charge is 2.33. The van der Waals surface area contributed by atoms with Crippen LogP contribution in [0.4, 0.5) is 0 Å². The third-order valence-electron chi connectivity index (χ3n) is 3.13. The first kappa shape index (κ1) is 15.9. The molecule has 110 valence electrons. The maximum atomic E-state index is 12.1. The fraction of sp³-hybridized carbons (Fsp3) is 0.818. The molecule has 1 fully saturated rings. The van der Waals surface area contributed by atoms with Crippen LogP contribution in [0.5, 0.6) is 0 Å². The summed E-state index contributed by atoms with van der Waals surface area (Å²) in [4.78, 5) is 21.8. The highest BCUT2D eigenvalue weighted by atomic mass is 32.2. The Balaban J connectivity index is 2.75. The molecular weight excluding hydrogens is 274 g/mol. The number of carboxylic acid groups (broad SMARTS) is 1. The molecular formula is C11H19NO6S. The second-order valence-electron chi connectivity index (χ2n) is 4.50. The van der Waals surface area contributed by atoms with Gasteiger partial charge in [0.25, 0.3) is 0 Å². The fourth-order valence-electron chi connectivity index (χ4n) is 2.15. The van der Waals surface area contributed by atoms with Crippen LogP contribution in [0.25, 0.3) is 0 Å². The molecule has 1 aliphatic rings. The lowest BCUT2D eigenvalue weighted by Gasteiger charge is -2.33. The molecule has 1 unspecified atom stereocenters. The molecule has 0 saturated carbocycles. The van der Waals surface area contributed by atoms with Gasteiger partial charge in [0, 0.05) is 12.6 Å². The second-order valence-corrected chi connectivity index (χ2v) is 6.54. The highest BCUT2D eigenvalue weighted by molar-refractivity contribution is 7.89. The monoisotopic (exact) mass is 293 g/mol. The molecule has 7 nitrogen and oxygen atoms in total. The van der Waals surface area contributed by atoms with Crippen LogP contribution in [-0.2, 0) is 24.3 Å². The van der Waals surface area contributed by atoms with Crippen LogP contribution in [-0.4, -0.2) is 55.2 Å². The van der Waals surface area contributed by atoms with Gasteiger partial charge in [-0.05, 0) is 12.8 Å². The van der Waals surface area contributed by atoms with Crippen molar-refractivity contribution < 1.29 is 27.9 Å². The number of rotatable bonds is 6. The SMILES string of the molecule is COC(=O)CC1CCCCN1S(=O)(=O)CCC(=O)O. The number of carbonyl (C=O) groups excluding carboxylic acids is 1. The van der Waals surface area contributed by atoms with Gasteiger partial charge in [-0.25, -0.2) is 8.42 Å². The van der Waals surface area contributed by atoms with Crippen LogP contribution in [0.2, 0.25) is 0 Å². The summed E-state index contributed by atoms with van der Waals surface area (Å²) in [6.07, 6.45) is 1.77. The van der Waals surface area contributed by atoms with Crippen molar-refractivity contribution in [2.24, 2.45) is 0 Å². The molecule has 0 spiro atoms. The summed E-state index contributed by atoms with van der Waals surface area (Å²) in [5.41, 5.74) is 0. The van der Waals surface area contributed by atoms with E-state index in [4.69, 9.17) is 5.11 Å². The Bertz CT molecular complexity index is 432. The van der Waals surface area contributed by atoms with Crippen LogP contribution in [0, 0.1) is 0 Å². The summed E-state index contributed by atoms with van der Waals surface area (Å²) in [7, 11) is -2.38. The van der Waals surface area contributed by atoms with E-state index in [-0.39, 0.29) is 6.42 Å². The molecule has 19 heavy (non-hydrogen) atoms. The number of carbonyl (C=O) groups is 2. The van der Waals surface area contributed by atoms with Gasteiger partial charge in [0.2, 0.25) is 10.0 Å². The summed E-state index contributed by atoms with van der Waals surface area (Å²) >= 11 is 0. The van der Waals surface area contributed by atoms with Gasteiger partial charge in [0.05, 0.1) is 25.7 Å². The van der Waals surface area contributed by atoms with E-state index in [9.17, 15) is 18.0 Å². The number of hydrogen-bond donors (Lipinski definition) is 1. The molecule has 0 radical (unpaired) electrons. The van der Waals surface area contributed by atoms with E-state index in [1.54, 1.807) is 0 Å². The Labute approximate surface area is 112 Å². The number of ether oxygens (including phenoxy) is 1. The van der Waals surface area contributed by atoms with Crippen molar-refractivity contribution >= 4 is 22.0 Å². The summed E-state index contributed by atoms with van der Waals surface area (Å²) in [6.45, 7) is 0.337. The lowest BCUT2D eigenvalue weighted by atomic mass is 10.0. The van der Waals surface area contributed by atoms with Gasteiger partial charge in [-0.15, -0.1) is 0 Å². The van der Waals surface area contributed by atoms with Crippen LogP contribution in [0.3, 0.4) is 0 Å². The lowest BCUT2D eigenvalue weighted by molar-refractivity contribution is -0.142. The average molecular weight is 293 g/mol. The largest absolute Gasteiger partial charge is 0.481 e. The molecule has 1 N–H and O–H groups in total. The minimum Gasteiger partial charge on any atom is -0.481 e. The van der Waals surface area contributed by atoms with Crippen molar-refractivity contribution in [3.63, 3.8) is 0 Å². The second kappa shape index (κ2) is 6.85. The maximum Gasteiger partial charge on any atom is 0.307 e. The molecule has 0 aliphatic carbocycles. The number of hydrogen-bond acceptors (Lipinski definition) is 5. The number of piperidine rings is 1. The van der Waals surface area contributed by atoms with Crippen molar-refractivity contribution in [1.82, 2.24) is 4.31 Å². The molecule has 0 aromatic rings. The molecule has 0 aromatic carbocycles. The third-order valence-corrected chi connectivity index (χ3v) is 5.05. The fourth-order valence-corrected chi connectivity index (χ4v) is 3.86. The van der Waals surface area contributed by atoms with Crippen molar-refractivity contribution in [2.75, 3.05) is 19.4 Å². The summed E-state index contributed by atoms with van der Waals surface area (Å²) in [5.74, 6) is -2.03. The lowest BCUT2D eigenvalue weighted by Crippen LogP contribution is -2.46. The molecule has 1 heterocycles. The standard InChI is InChI=1S/C11H19NO6S/c1-18-11(15)8-9-4-2-3-6-12(9)19(16,17)7-5-10(13)14/h9H,2-8H2,1H3,(H,13,14). The Morgan fingerprint density at radius 2 is 2.05 bits per heavy atom. The predicted molar refractivity (Wildman–Crippen MR) is 67.0 cm³/mol. The van der Waals surface area contributed by atoms with Crippen molar-refractivity contribution in [2.45, 2.75) is 38.1 Å². The average Bonchev–Trinajstić information content (AvgIpc) is 2.37. The first-order valence-electron chi connectivity index (χ1n) is 6.15. The molecule has 0 amide bonds. The van der Waals surface area contributed by atoms with Crippen molar-refractivity contribution in [1.29, 1.82) is 0 Å².